The Balaban J connectivity index is 1.41. The molecule has 4 aromatic rings. The summed E-state index contributed by atoms with van der Waals surface area (Å²) in [6, 6.07) is 5.35. The number of alkyl halides is 1. The third-order valence-corrected chi connectivity index (χ3v) is 9.04. The maximum atomic E-state index is 16.7. The molecule has 0 bridgehead atoms. The van der Waals surface area contributed by atoms with E-state index in [0.717, 1.165) is 19.4 Å². The first-order valence-electron chi connectivity index (χ1n) is 14.6. The van der Waals surface area contributed by atoms with Crippen LogP contribution in [0.3, 0.4) is 0 Å². The molecule has 43 heavy (non-hydrogen) atoms. The largest absolute Gasteiger partial charge is 0.508 e. The smallest absolute Gasteiger partial charge is 0.319 e. The van der Waals surface area contributed by atoms with Gasteiger partial charge in [0, 0.05) is 29.5 Å². The molecule has 0 amide bonds. The van der Waals surface area contributed by atoms with Crippen LogP contribution in [-0.2, 0) is 0 Å². The number of anilines is 1. The van der Waals surface area contributed by atoms with Crippen molar-refractivity contribution in [3.63, 3.8) is 0 Å². The van der Waals surface area contributed by atoms with Crippen LogP contribution in [0.25, 0.3) is 39.0 Å². The van der Waals surface area contributed by atoms with Crippen molar-refractivity contribution >= 4 is 33.6 Å². The van der Waals surface area contributed by atoms with Gasteiger partial charge in [0.2, 0.25) is 5.88 Å². The molecule has 0 unspecified atom stereocenters. The Bertz CT molecular complexity index is 1780. The fraction of sp³-hybridized carbons (Fsp3) is 0.406. The summed E-state index contributed by atoms with van der Waals surface area (Å²) in [6.07, 6.45) is 2.55. The average molecular weight is 592 g/mol. The molecule has 2 aromatic heterocycles. The second-order valence-electron chi connectivity index (χ2n) is 12.1. The predicted octanol–water partition coefficient (Wildman–Crippen LogP) is 6.26. The van der Waals surface area contributed by atoms with E-state index in [-0.39, 0.29) is 70.5 Å². The number of nitrogens with zero attached hydrogens (tertiary/aromatic N) is 4. The Morgan fingerprint density at radius 1 is 1.23 bits per heavy atom. The first-order valence-corrected chi connectivity index (χ1v) is 14.6. The standard InChI is InChI=1S/C32H32F3N5O3/c1-4-20-22(34)7-6-17-10-19(41)11-21(24(17)20)27-26(35)28-25-29(36-23(16(2)3)14-42-30(25)37-27)39-31(38-28)43-15-32-8-5-9-40(32)13-18(33)12-32/h4,6-7,10-11,16,18,23,41H,1,5,8-9,12-15H2,2-3H3,(H,36,38,39)/t18-,23-,32+/m1/s1. The SMILES string of the molecule is C=Cc1c(F)ccc2cc(O)cc(-c3nc4c5c(nc(OC[C@@]67CCCN6C[C@H](F)C7)nc5c3F)N[C@@H](C(C)C)CO4)c12. The fourth-order valence-electron chi connectivity index (χ4n) is 6.80. The van der Waals surface area contributed by atoms with Crippen molar-refractivity contribution < 1.29 is 27.8 Å². The fourth-order valence-corrected chi connectivity index (χ4v) is 6.80. The lowest BCUT2D eigenvalue weighted by Crippen LogP contribution is -2.43. The second kappa shape index (κ2) is 10.3. The molecule has 224 valence electrons. The number of phenols is 1. The van der Waals surface area contributed by atoms with Gasteiger partial charge in [-0.3, -0.25) is 4.90 Å². The highest BCUT2D eigenvalue weighted by molar-refractivity contribution is 6.05. The van der Waals surface area contributed by atoms with Crippen LogP contribution in [0.15, 0.2) is 30.8 Å². The number of fused-ring (bicyclic) bond motifs is 2. The number of hydrogen-bond donors (Lipinski definition) is 2. The number of ether oxygens (including phenoxy) is 2. The summed E-state index contributed by atoms with van der Waals surface area (Å²) in [7, 11) is 0. The minimum Gasteiger partial charge on any atom is -0.508 e. The molecule has 7 rings (SSSR count). The normalized spacial score (nSPS) is 23.3. The molecular weight excluding hydrogens is 559 g/mol. The molecule has 2 fully saturated rings. The Morgan fingerprint density at radius 2 is 2.07 bits per heavy atom. The zero-order chi connectivity index (χ0) is 30.0. The van der Waals surface area contributed by atoms with E-state index in [9.17, 15) is 13.9 Å². The van der Waals surface area contributed by atoms with Crippen LogP contribution in [0, 0.1) is 17.6 Å². The molecule has 2 N–H and O–H groups in total. The third kappa shape index (κ3) is 4.52. The number of aromatic nitrogens is 3. The molecule has 0 aliphatic carbocycles. The van der Waals surface area contributed by atoms with Crippen molar-refractivity contribution in [3.8, 4) is 28.9 Å². The first-order chi connectivity index (χ1) is 20.7. The molecule has 11 heteroatoms. The van der Waals surface area contributed by atoms with E-state index in [1.54, 1.807) is 0 Å². The van der Waals surface area contributed by atoms with Crippen LogP contribution in [0.2, 0.25) is 0 Å². The monoisotopic (exact) mass is 591 g/mol. The van der Waals surface area contributed by atoms with E-state index in [4.69, 9.17) is 9.47 Å². The van der Waals surface area contributed by atoms with Gasteiger partial charge in [-0.25, -0.2) is 18.2 Å². The van der Waals surface area contributed by atoms with Gasteiger partial charge in [-0.1, -0.05) is 32.6 Å². The number of halogens is 3. The zero-order valence-electron chi connectivity index (χ0n) is 24.0. The minimum atomic E-state index is -0.923. The van der Waals surface area contributed by atoms with Gasteiger partial charge < -0.3 is 19.9 Å². The van der Waals surface area contributed by atoms with Gasteiger partial charge in [-0.05, 0) is 48.9 Å². The number of hydrogen-bond acceptors (Lipinski definition) is 8. The number of benzene rings is 2. The zero-order valence-corrected chi connectivity index (χ0v) is 24.0. The topological polar surface area (TPSA) is 92.6 Å². The van der Waals surface area contributed by atoms with E-state index in [0.29, 0.717) is 29.6 Å². The van der Waals surface area contributed by atoms with Gasteiger partial charge in [-0.15, -0.1) is 0 Å². The van der Waals surface area contributed by atoms with E-state index in [1.807, 2.05) is 13.8 Å². The van der Waals surface area contributed by atoms with Gasteiger partial charge in [0.1, 0.15) is 53.4 Å². The van der Waals surface area contributed by atoms with Crippen molar-refractivity contribution in [2.24, 2.45) is 5.92 Å². The van der Waals surface area contributed by atoms with E-state index >= 15 is 4.39 Å². The Labute approximate surface area is 246 Å². The molecule has 2 saturated heterocycles. The Kier molecular flexibility index (Phi) is 6.61. The molecular formula is C32H32F3N5O3. The third-order valence-electron chi connectivity index (χ3n) is 9.04. The number of pyridine rings is 1. The van der Waals surface area contributed by atoms with E-state index in [2.05, 4.69) is 31.7 Å². The first kappa shape index (κ1) is 27.7. The summed E-state index contributed by atoms with van der Waals surface area (Å²) in [5.74, 6) is -0.942. The molecule has 3 aliphatic rings. The molecule has 8 nitrogen and oxygen atoms in total. The van der Waals surface area contributed by atoms with Crippen molar-refractivity contribution in [1.29, 1.82) is 0 Å². The molecule has 0 spiro atoms. The molecule has 3 atom stereocenters. The quantitative estimate of drug-likeness (QED) is 0.272. The predicted molar refractivity (Wildman–Crippen MR) is 158 cm³/mol. The van der Waals surface area contributed by atoms with Crippen molar-refractivity contribution in [2.45, 2.75) is 50.9 Å². The lowest BCUT2D eigenvalue weighted by atomic mass is 9.95. The van der Waals surface area contributed by atoms with Crippen LogP contribution in [0.1, 0.15) is 38.7 Å². The average Bonchev–Trinajstić information content (AvgIpc) is 3.43. The summed E-state index contributed by atoms with van der Waals surface area (Å²) < 4.78 is 58.2. The number of phenolic OH excluding ortho intramolecular Hbond substituents is 1. The summed E-state index contributed by atoms with van der Waals surface area (Å²) in [5, 5.41) is 15.0. The Morgan fingerprint density at radius 3 is 2.86 bits per heavy atom. The van der Waals surface area contributed by atoms with Crippen molar-refractivity contribution in [3.05, 3.63) is 48.0 Å². The van der Waals surface area contributed by atoms with E-state index < -0.39 is 23.3 Å². The van der Waals surface area contributed by atoms with Gasteiger partial charge in [0.25, 0.3) is 0 Å². The number of rotatable bonds is 6. The van der Waals surface area contributed by atoms with Crippen LogP contribution in [0.5, 0.6) is 17.6 Å². The van der Waals surface area contributed by atoms with Gasteiger partial charge >= 0.3 is 6.01 Å². The highest BCUT2D eigenvalue weighted by atomic mass is 19.1. The van der Waals surface area contributed by atoms with Crippen molar-refractivity contribution in [1.82, 2.24) is 19.9 Å². The maximum Gasteiger partial charge on any atom is 0.319 e. The van der Waals surface area contributed by atoms with Gasteiger partial charge in [0.05, 0.1) is 11.6 Å². The van der Waals surface area contributed by atoms with Crippen LogP contribution >= 0.6 is 0 Å². The lowest BCUT2D eigenvalue weighted by molar-refractivity contribution is 0.107. The summed E-state index contributed by atoms with van der Waals surface area (Å²) in [5.41, 5.74) is -0.406. The molecule has 3 aliphatic heterocycles. The molecule has 2 aromatic carbocycles. The molecule has 0 saturated carbocycles. The lowest BCUT2D eigenvalue weighted by Gasteiger charge is -2.30. The van der Waals surface area contributed by atoms with Crippen LogP contribution in [-0.4, -0.2) is 69.0 Å². The highest BCUT2D eigenvalue weighted by Crippen LogP contribution is 2.44. The van der Waals surface area contributed by atoms with Crippen LogP contribution < -0.4 is 14.8 Å². The molecule has 0 radical (unpaired) electrons. The summed E-state index contributed by atoms with van der Waals surface area (Å²) in [6.45, 7) is 9.37. The van der Waals surface area contributed by atoms with E-state index in [1.165, 1.54) is 30.3 Å². The van der Waals surface area contributed by atoms with Crippen molar-refractivity contribution in [2.75, 3.05) is 31.6 Å². The summed E-state index contributed by atoms with van der Waals surface area (Å²) in [4.78, 5) is 15.8. The number of aromatic hydroxyl groups is 1. The molecule has 5 heterocycles. The second-order valence-corrected chi connectivity index (χ2v) is 12.1. The highest BCUT2D eigenvalue weighted by Gasteiger charge is 2.49. The summed E-state index contributed by atoms with van der Waals surface area (Å²) >= 11 is 0. The number of nitrogens with one attached hydrogen (secondary N) is 1. The Hall–Kier alpha value is -4.12. The van der Waals surface area contributed by atoms with Gasteiger partial charge in [-0.2, -0.15) is 9.97 Å². The van der Waals surface area contributed by atoms with Gasteiger partial charge in [0.15, 0.2) is 5.82 Å². The van der Waals surface area contributed by atoms with Crippen LogP contribution in [0.4, 0.5) is 19.0 Å². The minimum absolute atomic E-state index is 0.0523. The maximum absolute atomic E-state index is 16.7.